The Morgan fingerprint density at radius 3 is 2.48 bits per heavy atom. The SMILES string of the molecule is COc1ccc(CN(C)C(=O)c2ccc(-c3scnc3C)nc2)cc1. The highest BCUT2D eigenvalue weighted by Crippen LogP contribution is 2.25. The van der Waals surface area contributed by atoms with Crippen molar-refractivity contribution in [3.63, 3.8) is 0 Å². The average Bonchev–Trinajstić information content (AvgIpc) is 3.08. The summed E-state index contributed by atoms with van der Waals surface area (Å²) in [7, 11) is 3.42. The van der Waals surface area contributed by atoms with Crippen LogP contribution in [0.2, 0.25) is 0 Å². The van der Waals surface area contributed by atoms with E-state index in [9.17, 15) is 4.79 Å². The van der Waals surface area contributed by atoms with E-state index in [0.29, 0.717) is 12.1 Å². The van der Waals surface area contributed by atoms with Crippen LogP contribution in [0.3, 0.4) is 0 Å². The molecule has 0 spiro atoms. The van der Waals surface area contributed by atoms with Crippen LogP contribution in [0, 0.1) is 6.92 Å². The Kier molecular flexibility index (Phi) is 5.09. The van der Waals surface area contributed by atoms with Crippen LogP contribution in [0.5, 0.6) is 5.75 Å². The summed E-state index contributed by atoms with van der Waals surface area (Å²) >= 11 is 1.55. The van der Waals surface area contributed by atoms with E-state index in [1.807, 2.05) is 43.3 Å². The summed E-state index contributed by atoms with van der Waals surface area (Å²) < 4.78 is 5.15. The fourth-order valence-electron chi connectivity index (χ4n) is 2.50. The average molecular weight is 353 g/mol. The van der Waals surface area contributed by atoms with Gasteiger partial charge < -0.3 is 9.64 Å². The molecule has 0 saturated carbocycles. The molecule has 0 unspecified atom stereocenters. The molecule has 1 amide bonds. The van der Waals surface area contributed by atoms with Crippen molar-refractivity contribution in [2.45, 2.75) is 13.5 Å². The molecule has 25 heavy (non-hydrogen) atoms. The molecule has 3 rings (SSSR count). The fourth-order valence-corrected chi connectivity index (χ4v) is 3.28. The number of carbonyl (C=O) groups is 1. The number of rotatable bonds is 5. The van der Waals surface area contributed by atoms with Crippen molar-refractivity contribution in [2.24, 2.45) is 0 Å². The van der Waals surface area contributed by atoms with Crippen molar-refractivity contribution in [1.82, 2.24) is 14.9 Å². The third-order valence-electron chi connectivity index (χ3n) is 3.91. The molecule has 3 aromatic rings. The minimum Gasteiger partial charge on any atom is -0.497 e. The molecule has 2 aromatic heterocycles. The van der Waals surface area contributed by atoms with Crippen LogP contribution in [-0.4, -0.2) is 34.9 Å². The lowest BCUT2D eigenvalue weighted by atomic mass is 10.1. The van der Waals surface area contributed by atoms with Crippen LogP contribution < -0.4 is 4.74 Å². The first kappa shape index (κ1) is 17.1. The molecule has 0 aliphatic carbocycles. The molecular formula is C19H19N3O2S. The van der Waals surface area contributed by atoms with Gasteiger partial charge in [-0.2, -0.15) is 0 Å². The van der Waals surface area contributed by atoms with E-state index in [-0.39, 0.29) is 5.91 Å². The lowest BCUT2D eigenvalue weighted by molar-refractivity contribution is 0.0784. The Bertz CT molecular complexity index is 857. The number of amides is 1. The maximum absolute atomic E-state index is 12.6. The van der Waals surface area contributed by atoms with Crippen molar-refractivity contribution in [3.8, 4) is 16.3 Å². The quantitative estimate of drug-likeness (QED) is 0.700. The molecule has 1 aromatic carbocycles. The molecule has 0 saturated heterocycles. The lowest BCUT2D eigenvalue weighted by Gasteiger charge is -2.17. The second-order valence-electron chi connectivity index (χ2n) is 5.71. The molecule has 0 fully saturated rings. The van der Waals surface area contributed by atoms with Gasteiger partial charge in [-0.25, -0.2) is 4.98 Å². The molecule has 0 atom stereocenters. The molecule has 128 valence electrons. The van der Waals surface area contributed by atoms with E-state index < -0.39 is 0 Å². The van der Waals surface area contributed by atoms with Gasteiger partial charge in [0.25, 0.3) is 5.91 Å². The van der Waals surface area contributed by atoms with Crippen molar-refractivity contribution < 1.29 is 9.53 Å². The largest absolute Gasteiger partial charge is 0.497 e. The third-order valence-corrected chi connectivity index (χ3v) is 4.87. The highest BCUT2D eigenvalue weighted by Gasteiger charge is 2.14. The van der Waals surface area contributed by atoms with Gasteiger partial charge in [0, 0.05) is 19.8 Å². The van der Waals surface area contributed by atoms with Crippen molar-refractivity contribution >= 4 is 17.2 Å². The van der Waals surface area contributed by atoms with Crippen molar-refractivity contribution in [1.29, 1.82) is 0 Å². The molecule has 0 bridgehead atoms. The number of thiazole rings is 1. The number of hydrogen-bond donors (Lipinski definition) is 0. The highest BCUT2D eigenvalue weighted by molar-refractivity contribution is 7.13. The van der Waals surface area contributed by atoms with E-state index in [2.05, 4.69) is 9.97 Å². The van der Waals surface area contributed by atoms with E-state index in [1.54, 1.807) is 42.1 Å². The summed E-state index contributed by atoms with van der Waals surface area (Å²) in [6, 6.07) is 11.4. The standard InChI is InChI=1S/C19H19N3O2S/c1-13-18(25-12-21-13)17-9-6-15(10-20-17)19(23)22(2)11-14-4-7-16(24-3)8-5-14/h4-10,12H,11H2,1-3H3. The number of benzene rings is 1. The zero-order valence-corrected chi connectivity index (χ0v) is 15.2. The highest BCUT2D eigenvalue weighted by atomic mass is 32.1. The molecule has 0 aliphatic heterocycles. The number of carbonyl (C=O) groups excluding carboxylic acids is 1. The number of methoxy groups -OCH3 is 1. The summed E-state index contributed by atoms with van der Waals surface area (Å²) in [6.45, 7) is 2.48. The van der Waals surface area contributed by atoms with Gasteiger partial charge in [-0.1, -0.05) is 12.1 Å². The van der Waals surface area contributed by atoms with Crippen LogP contribution in [0.25, 0.3) is 10.6 Å². The molecule has 2 heterocycles. The number of aryl methyl sites for hydroxylation is 1. The first-order chi connectivity index (χ1) is 12.1. The van der Waals surface area contributed by atoms with E-state index in [0.717, 1.165) is 27.6 Å². The monoisotopic (exact) mass is 353 g/mol. The maximum atomic E-state index is 12.6. The van der Waals surface area contributed by atoms with Crippen molar-refractivity contribution in [2.75, 3.05) is 14.2 Å². The topological polar surface area (TPSA) is 55.3 Å². The number of nitrogens with zero attached hydrogens (tertiary/aromatic N) is 3. The van der Waals surface area contributed by atoms with E-state index in [4.69, 9.17) is 4.74 Å². The third kappa shape index (κ3) is 3.85. The first-order valence-corrected chi connectivity index (χ1v) is 8.71. The zero-order valence-electron chi connectivity index (χ0n) is 14.4. The number of hydrogen-bond acceptors (Lipinski definition) is 5. The summed E-state index contributed by atoms with van der Waals surface area (Å²) in [4.78, 5) is 24.0. The van der Waals surface area contributed by atoms with Gasteiger partial charge >= 0.3 is 0 Å². The number of ether oxygens (including phenoxy) is 1. The normalized spacial score (nSPS) is 10.5. The predicted octanol–water partition coefficient (Wildman–Crippen LogP) is 3.79. The van der Waals surface area contributed by atoms with Crippen LogP contribution in [0.15, 0.2) is 48.1 Å². The second-order valence-corrected chi connectivity index (χ2v) is 6.56. The van der Waals surface area contributed by atoms with Gasteiger partial charge in [-0.05, 0) is 36.8 Å². The van der Waals surface area contributed by atoms with Crippen LogP contribution in [0.1, 0.15) is 21.6 Å². The smallest absolute Gasteiger partial charge is 0.255 e. The summed E-state index contributed by atoms with van der Waals surface area (Å²) in [5, 5.41) is 0. The molecule has 0 N–H and O–H groups in total. The van der Waals surface area contributed by atoms with Gasteiger partial charge in [-0.3, -0.25) is 9.78 Å². The number of pyridine rings is 1. The van der Waals surface area contributed by atoms with Crippen LogP contribution in [-0.2, 0) is 6.54 Å². The van der Waals surface area contributed by atoms with Gasteiger partial charge in [0.05, 0.1) is 34.4 Å². The molecule has 0 radical (unpaired) electrons. The fraction of sp³-hybridized carbons (Fsp3) is 0.211. The summed E-state index contributed by atoms with van der Waals surface area (Å²) in [6.07, 6.45) is 1.63. The van der Waals surface area contributed by atoms with Crippen LogP contribution >= 0.6 is 11.3 Å². The second kappa shape index (κ2) is 7.44. The van der Waals surface area contributed by atoms with Crippen LogP contribution in [0.4, 0.5) is 0 Å². The van der Waals surface area contributed by atoms with Gasteiger partial charge in [0.2, 0.25) is 0 Å². The van der Waals surface area contributed by atoms with Gasteiger partial charge in [-0.15, -0.1) is 11.3 Å². The van der Waals surface area contributed by atoms with E-state index >= 15 is 0 Å². The minimum atomic E-state index is -0.0594. The molecule has 5 nitrogen and oxygen atoms in total. The number of aromatic nitrogens is 2. The Morgan fingerprint density at radius 1 is 1.16 bits per heavy atom. The van der Waals surface area contributed by atoms with Crippen molar-refractivity contribution in [3.05, 3.63) is 64.9 Å². The Morgan fingerprint density at radius 2 is 1.92 bits per heavy atom. The minimum absolute atomic E-state index is 0.0594. The molecule has 0 aliphatic rings. The van der Waals surface area contributed by atoms with E-state index in [1.165, 1.54) is 0 Å². The molecule has 6 heteroatoms. The lowest BCUT2D eigenvalue weighted by Crippen LogP contribution is -2.26. The summed E-state index contributed by atoms with van der Waals surface area (Å²) in [5.41, 5.74) is 5.21. The van der Waals surface area contributed by atoms with Gasteiger partial charge in [0.15, 0.2) is 0 Å². The predicted molar refractivity (Wildman–Crippen MR) is 98.9 cm³/mol. The van der Waals surface area contributed by atoms with Gasteiger partial charge in [0.1, 0.15) is 5.75 Å². The Hall–Kier alpha value is -2.73. The Labute approximate surface area is 150 Å². The maximum Gasteiger partial charge on any atom is 0.255 e. The summed E-state index contributed by atoms with van der Waals surface area (Å²) in [5.74, 6) is 0.742. The zero-order chi connectivity index (χ0) is 17.8. The Balaban J connectivity index is 1.70. The molecular weight excluding hydrogens is 334 g/mol. The first-order valence-electron chi connectivity index (χ1n) is 7.83.